The number of carbonyl (C=O) groups is 2. The molecule has 184 valence electrons. The predicted octanol–water partition coefficient (Wildman–Crippen LogP) is 6.16. The molecular formula is C25H18FIN2O6S. The number of imide groups is 1. The molecule has 1 aliphatic rings. The maximum atomic E-state index is 13.9. The van der Waals surface area contributed by atoms with Gasteiger partial charge in [0, 0.05) is 17.7 Å². The van der Waals surface area contributed by atoms with E-state index >= 15 is 0 Å². The average Bonchev–Trinajstić information content (AvgIpc) is 3.11. The van der Waals surface area contributed by atoms with Gasteiger partial charge in [-0.2, -0.15) is 0 Å². The van der Waals surface area contributed by atoms with Crippen LogP contribution in [0, 0.1) is 19.5 Å². The number of nitrogens with zero attached hydrogens (tertiary/aromatic N) is 2. The van der Waals surface area contributed by atoms with Crippen LogP contribution in [0.4, 0.5) is 14.9 Å². The molecule has 0 bridgehead atoms. The van der Waals surface area contributed by atoms with Gasteiger partial charge in [0.1, 0.15) is 12.4 Å². The summed E-state index contributed by atoms with van der Waals surface area (Å²) in [5.74, 6) is 0.00382. The SMILES string of the molecule is COc1cc(C=C2SC(=O)N(Cc3ccc([N+](=O)[O-])cc3)C2=O)cc(I)c1OCc1ccccc1F. The zero-order valence-corrected chi connectivity index (χ0v) is 21.7. The van der Waals surface area contributed by atoms with E-state index in [2.05, 4.69) is 22.6 Å². The Hall–Kier alpha value is -3.45. The van der Waals surface area contributed by atoms with Gasteiger partial charge < -0.3 is 9.47 Å². The van der Waals surface area contributed by atoms with Gasteiger partial charge in [0.05, 0.1) is 27.1 Å². The molecule has 11 heteroatoms. The minimum absolute atomic E-state index is 0.00365. The Bertz CT molecular complexity index is 1380. The van der Waals surface area contributed by atoms with Crippen LogP contribution in [0.15, 0.2) is 65.6 Å². The number of halogens is 2. The molecule has 3 aromatic carbocycles. The average molecular weight is 620 g/mol. The molecule has 0 atom stereocenters. The van der Waals surface area contributed by atoms with Gasteiger partial charge in [-0.25, -0.2) is 4.39 Å². The molecule has 0 radical (unpaired) electrons. The van der Waals surface area contributed by atoms with E-state index in [0.29, 0.717) is 31.8 Å². The van der Waals surface area contributed by atoms with Crippen LogP contribution in [0.1, 0.15) is 16.7 Å². The van der Waals surface area contributed by atoms with Crippen LogP contribution in [-0.2, 0) is 17.9 Å². The highest BCUT2D eigenvalue weighted by Crippen LogP contribution is 2.38. The van der Waals surface area contributed by atoms with Crippen molar-refractivity contribution in [1.82, 2.24) is 4.90 Å². The standard InChI is InChI=1S/C25H18FIN2O6S/c1-34-21-11-16(10-20(27)23(21)35-14-17-4-2-3-5-19(17)26)12-22-24(30)28(25(31)36-22)13-15-6-8-18(9-7-15)29(32)33/h2-12H,13-14H2,1H3. The topological polar surface area (TPSA) is 99.0 Å². The Morgan fingerprint density at radius 1 is 1.14 bits per heavy atom. The Kier molecular flexibility index (Phi) is 7.89. The van der Waals surface area contributed by atoms with Gasteiger partial charge in [-0.3, -0.25) is 24.6 Å². The molecule has 0 aliphatic carbocycles. The molecule has 1 aliphatic heterocycles. The lowest BCUT2D eigenvalue weighted by atomic mass is 10.1. The smallest absolute Gasteiger partial charge is 0.293 e. The molecule has 1 heterocycles. The molecule has 36 heavy (non-hydrogen) atoms. The summed E-state index contributed by atoms with van der Waals surface area (Å²) in [6.45, 7) is 0.0175. The summed E-state index contributed by atoms with van der Waals surface area (Å²) < 4.78 is 25.9. The number of nitro benzene ring substituents is 1. The number of hydrogen-bond donors (Lipinski definition) is 0. The summed E-state index contributed by atoms with van der Waals surface area (Å²) in [7, 11) is 1.48. The highest BCUT2D eigenvalue weighted by Gasteiger charge is 2.35. The van der Waals surface area contributed by atoms with Gasteiger partial charge in [-0.1, -0.05) is 30.3 Å². The number of amides is 2. The summed E-state index contributed by atoms with van der Waals surface area (Å²) in [4.78, 5) is 37.0. The summed E-state index contributed by atoms with van der Waals surface area (Å²) >= 11 is 2.87. The summed E-state index contributed by atoms with van der Waals surface area (Å²) in [6.07, 6.45) is 1.59. The number of carbonyl (C=O) groups excluding carboxylic acids is 2. The fraction of sp³-hybridized carbons (Fsp3) is 0.120. The van der Waals surface area contributed by atoms with Crippen molar-refractivity contribution in [3.8, 4) is 11.5 Å². The van der Waals surface area contributed by atoms with Crippen LogP contribution in [0.25, 0.3) is 6.08 Å². The first-order chi connectivity index (χ1) is 17.3. The van der Waals surface area contributed by atoms with Crippen molar-refractivity contribution in [1.29, 1.82) is 0 Å². The number of non-ortho nitro benzene ring substituents is 1. The van der Waals surface area contributed by atoms with E-state index in [9.17, 15) is 24.1 Å². The molecule has 8 nitrogen and oxygen atoms in total. The summed E-state index contributed by atoms with van der Waals surface area (Å²) in [6, 6.07) is 15.4. The Morgan fingerprint density at radius 3 is 2.53 bits per heavy atom. The van der Waals surface area contributed by atoms with E-state index < -0.39 is 16.1 Å². The van der Waals surface area contributed by atoms with Gasteiger partial charge >= 0.3 is 0 Å². The molecule has 0 unspecified atom stereocenters. The van der Waals surface area contributed by atoms with E-state index in [-0.39, 0.29) is 29.6 Å². The molecule has 3 aromatic rings. The van der Waals surface area contributed by atoms with E-state index in [4.69, 9.17) is 9.47 Å². The van der Waals surface area contributed by atoms with Gasteiger partial charge in [0.25, 0.3) is 16.8 Å². The molecular weight excluding hydrogens is 602 g/mol. The van der Waals surface area contributed by atoms with E-state index in [1.54, 1.807) is 36.4 Å². The van der Waals surface area contributed by atoms with Crippen LogP contribution >= 0.6 is 34.4 Å². The van der Waals surface area contributed by atoms with Crippen LogP contribution in [0.2, 0.25) is 0 Å². The molecule has 1 saturated heterocycles. The van der Waals surface area contributed by atoms with Crippen LogP contribution in [0.3, 0.4) is 0 Å². The number of thioether (sulfide) groups is 1. The van der Waals surface area contributed by atoms with Crippen molar-refractivity contribution in [3.63, 3.8) is 0 Å². The number of hydrogen-bond acceptors (Lipinski definition) is 7. The minimum Gasteiger partial charge on any atom is -0.493 e. The quantitative estimate of drug-likeness (QED) is 0.129. The predicted molar refractivity (Wildman–Crippen MR) is 141 cm³/mol. The molecule has 4 rings (SSSR count). The number of nitro groups is 1. The highest BCUT2D eigenvalue weighted by molar-refractivity contribution is 14.1. The fourth-order valence-corrected chi connectivity index (χ4v) is 5.04. The lowest BCUT2D eigenvalue weighted by molar-refractivity contribution is -0.384. The van der Waals surface area contributed by atoms with Crippen molar-refractivity contribution >= 4 is 57.3 Å². The fourth-order valence-electron chi connectivity index (χ4n) is 3.42. The first-order valence-electron chi connectivity index (χ1n) is 10.5. The van der Waals surface area contributed by atoms with Crippen molar-refractivity contribution in [2.24, 2.45) is 0 Å². The van der Waals surface area contributed by atoms with Crippen LogP contribution in [-0.4, -0.2) is 28.1 Å². The van der Waals surface area contributed by atoms with Crippen molar-refractivity contribution < 1.29 is 28.4 Å². The third-order valence-corrected chi connectivity index (χ3v) is 6.95. The largest absolute Gasteiger partial charge is 0.493 e. The normalized spacial score (nSPS) is 14.4. The third kappa shape index (κ3) is 5.68. The first-order valence-corrected chi connectivity index (χ1v) is 12.4. The Morgan fingerprint density at radius 2 is 1.86 bits per heavy atom. The van der Waals surface area contributed by atoms with Crippen LogP contribution in [0.5, 0.6) is 11.5 Å². The first kappa shape index (κ1) is 25.6. The van der Waals surface area contributed by atoms with E-state index in [1.165, 1.54) is 37.4 Å². The lowest BCUT2D eigenvalue weighted by Gasteiger charge is -2.14. The number of rotatable bonds is 8. The second kappa shape index (κ2) is 11.1. The molecule has 0 aromatic heterocycles. The monoisotopic (exact) mass is 620 g/mol. The maximum absolute atomic E-state index is 13.9. The van der Waals surface area contributed by atoms with Crippen LogP contribution < -0.4 is 9.47 Å². The Labute approximate surface area is 223 Å². The molecule has 2 amide bonds. The zero-order chi connectivity index (χ0) is 25.8. The van der Waals surface area contributed by atoms with E-state index in [0.717, 1.165) is 16.7 Å². The summed E-state index contributed by atoms with van der Waals surface area (Å²) in [5.41, 5.74) is 1.55. The second-order valence-electron chi connectivity index (χ2n) is 7.61. The molecule has 0 N–H and O–H groups in total. The number of benzene rings is 3. The highest BCUT2D eigenvalue weighted by atomic mass is 127. The molecule has 0 spiro atoms. The molecule has 0 saturated carbocycles. The molecule has 1 fully saturated rings. The zero-order valence-electron chi connectivity index (χ0n) is 18.8. The lowest BCUT2D eigenvalue weighted by Crippen LogP contribution is -2.27. The third-order valence-electron chi connectivity index (χ3n) is 5.24. The van der Waals surface area contributed by atoms with Crippen molar-refractivity contribution in [2.75, 3.05) is 7.11 Å². The Balaban J connectivity index is 1.52. The number of ether oxygens (including phenoxy) is 2. The van der Waals surface area contributed by atoms with Crippen molar-refractivity contribution in [2.45, 2.75) is 13.2 Å². The minimum atomic E-state index is -0.515. The summed E-state index contributed by atoms with van der Waals surface area (Å²) in [5, 5.41) is 10.4. The van der Waals surface area contributed by atoms with Gasteiger partial charge in [0.2, 0.25) is 0 Å². The van der Waals surface area contributed by atoms with Gasteiger partial charge in [-0.05, 0) is 69.8 Å². The van der Waals surface area contributed by atoms with Gasteiger partial charge in [0.15, 0.2) is 11.5 Å². The number of methoxy groups -OCH3 is 1. The maximum Gasteiger partial charge on any atom is 0.293 e. The van der Waals surface area contributed by atoms with E-state index in [1.807, 2.05) is 0 Å². The van der Waals surface area contributed by atoms with Crippen molar-refractivity contribution in [3.05, 3.63) is 102 Å². The van der Waals surface area contributed by atoms with Gasteiger partial charge in [-0.15, -0.1) is 0 Å². The second-order valence-corrected chi connectivity index (χ2v) is 9.76.